The fourth-order valence-corrected chi connectivity index (χ4v) is 2.70. The van der Waals surface area contributed by atoms with Crippen LogP contribution in [0.5, 0.6) is 0 Å². The smallest absolute Gasteiger partial charge is 0.222 e. The van der Waals surface area contributed by atoms with Gasteiger partial charge in [0, 0.05) is 51.9 Å². The molecule has 7 heteroatoms. The van der Waals surface area contributed by atoms with Gasteiger partial charge in [-0.1, -0.05) is 0 Å². The third-order valence-corrected chi connectivity index (χ3v) is 3.93. The standard InChI is InChI=1S/C13H21BrN4O2/c14-12-10-15-18(11-12)3-1-2-13(20)17-6-4-16(5-7-17)8-9-19/h10-11,19H,1-9H2. The molecule has 0 radical (unpaired) electrons. The first-order chi connectivity index (χ1) is 9.69. The lowest BCUT2D eigenvalue weighted by Gasteiger charge is -2.34. The number of aryl methyl sites for hydroxylation is 1. The Bertz CT molecular complexity index is 430. The molecule has 0 aliphatic carbocycles. The van der Waals surface area contributed by atoms with Crippen LogP contribution < -0.4 is 0 Å². The van der Waals surface area contributed by atoms with Crippen LogP contribution in [0, 0.1) is 0 Å². The Morgan fingerprint density at radius 1 is 1.30 bits per heavy atom. The summed E-state index contributed by atoms with van der Waals surface area (Å²) >= 11 is 3.35. The van der Waals surface area contributed by atoms with Gasteiger partial charge in [0.05, 0.1) is 17.3 Å². The first-order valence-corrected chi connectivity index (χ1v) is 7.77. The fourth-order valence-electron chi connectivity index (χ4n) is 2.37. The van der Waals surface area contributed by atoms with Gasteiger partial charge in [0.1, 0.15) is 0 Å². The van der Waals surface area contributed by atoms with E-state index in [4.69, 9.17) is 5.11 Å². The van der Waals surface area contributed by atoms with Gasteiger partial charge in [0.25, 0.3) is 0 Å². The number of carbonyl (C=O) groups is 1. The van der Waals surface area contributed by atoms with E-state index in [1.807, 2.05) is 15.8 Å². The second-order valence-corrected chi connectivity index (χ2v) is 5.89. The van der Waals surface area contributed by atoms with Crippen molar-refractivity contribution in [2.45, 2.75) is 19.4 Å². The number of hydrogen-bond donors (Lipinski definition) is 1. The summed E-state index contributed by atoms with van der Waals surface area (Å²) in [4.78, 5) is 16.2. The van der Waals surface area contributed by atoms with E-state index < -0.39 is 0 Å². The molecule has 0 unspecified atom stereocenters. The van der Waals surface area contributed by atoms with Crippen molar-refractivity contribution in [2.24, 2.45) is 0 Å². The van der Waals surface area contributed by atoms with E-state index in [-0.39, 0.29) is 12.5 Å². The highest BCUT2D eigenvalue weighted by Gasteiger charge is 2.20. The predicted octanol–water partition coefficient (Wildman–Crippen LogP) is 0.562. The molecule has 1 aromatic rings. The Morgan fingerprint density at radius 2 is 2.05 bits per heavy atom. The number of β-amino-alcohol motifs (C(OH)–C–C–N with tert-alkyl or cyclic N) is 1. The largest absolute Gasteiger partial charge is 0.395 e. The number of aliphatic hydroxyl groups excluding tert-OH is 1. The van der Waals surface area contributed by atoms with Crippen molar-refractivity contribution in [1.29, 1.82) is 0 Å². The highest BCUT2D eigenvalue weighted by molar-refractivity contribution is 9.10. The summed E-state index contributed by atoms with van der Waals surface area (Å²) in [6.45, 7) is 4.92. The SMILES string of the molecule is O=C(CCCn1cc(Br)cn1)N1CCN(CCO)CC1. The van der Waals surface area contributed by atoms with E-state index in [1.54, 1.807) is 6.20 Å². The molecule has 2 rings (SSSR count). The predicted molar refractivity (Wildman–Crippen MR) is 79.3 cm³/mol. The molecule has 6 nitrogen and oxygen atoms in total. The number of amides is 1. The van der Waals surface area contributed by atoms with Gasteiger partial charge in [-0.3, -0.25) is 14.4 Å². The molecule has 1 amide bonds. The summed E-state index contributed by atoms with van der Waals surface area (Å²) < 4.78 is 2.81. The third-order valence-electron chi connectivity index (χ3n) is 3.52. The Balaban J connectivity index is 1.65. The van der Waals surface area contributed by atoms with Gasteiger partial charge < -0.3 is 10.0 Å². The van der Waals surface area contributed by atoms with Crippen molar-refractivity contribution < 1.29 is 9.90 Å². The fraction of sp³-hybridized carbons (Fsp3) is 0.692. The molecule has 20 heavy (non-hydrogen) atoms. The average Bonchev–Trinajstić information content (AvgIpc) is 2.85. The Hall–Kier alpha value is -0.920. The molecule has 0 bridgehead atoms. The van der Waals surface area contributed by atoms with Crippen LogP contribution in [0.15, 0.2) is 16.9 Å². The van der Waals surface area contributed by atoms with Gasteiger partial charge in [-0.15, -0.1) is 0 Å². The van der Waals surface area contributed by atoms with E-state index in [9.17, 15) is 4.79 Å². The van der Waals surface area contributed by atoms with E-state index in [0.29, 0.717) is 13.0 Å². The molecule has 1 aliphatic rings. The molecule has 112 valence electrons. The van der Waals surface area contributed by atoms with Crippen LogP contribution in [0.2, 0.25) is 0 Å². The molecule has 1 N–H and O–H groups in total. The van der Waals surface area contributed by atoms with Crippen LogP contribution in [0.4, 0.5) is 0 Å². The third kappa shape index (κ3) is 4.57. The molecule has 1 saturated heterocycles. The maximum atomic E-state index is 12.1. The number of piperazine rings is 1. The minimum atomic E-state index is 0.188. The maximum absolute atomic E-state index is 12.1. The number of nitrogens with zero attached hydrogens (tertiary/aromatic N) is 4. The Morgan fingerprint density at radius 3 is 2.65 bits per heavy atom. The van der Waals surface area contributed by atoms with Crippen LogP contribution >= 0.6 is 15.9 Å². The number of aromatic nitrogens is 2. The van der Waals surface area contributed by atoms with Crippen molar-refractivity contribution in [3.05, 3.63) is 16.9 Å². The van der Waals surface area contributed by atoms with Crippen LogP contribution in [-0.4, -0.2) is 69.9 Å². The van der Waals surface area contributed by atoms with Crippen LogP contribution in [0.25, 0.3) is 0 Å². The number of rotatable bonds is 6. The summed E-state index contributed by atoms with van der Waals surface area (Å²) in [7, 11) is 0. The highest BCUT2D eigenvalue weighted by Crippen LogP contribution is 2.08. The normalized spacial score (nSPS) is 16.6. The van der Waals surface area contributed by atoms with Crippen molar-refractivity contribution in [3.8, 4) is 0 Å². The summed E-state index contributed by atoms with van der Waals surface area (Å²) in [6, 6.07) is 0. The van der Waals surface area contributed by atoms with Gasteiger partial charge in [0.2, 0.25) is 5.91 Å². The van der Waals surface area contributed by atoms with Gasteiger partial charge >= 0.3 is 0 Å². The second-order valence-electron chi connectivity index (χ2n) is 4.97. The van der Waals surface area contributed by atoms with Gasteiger partial charge in [-0.2, -0.15) is 5.10 Å². The van der Waals surface area contributed by atoms with Crippen LogP contribution in [-0.2, 0) is 11.3 Å². The maximum Gasteiger partial charge on any atom is 0.222 e. The zero-order valence-corrected chi connectivity index (χ0v) is 13.1. The zero-order valence-electron chi connectivity index (χ0n) is 11.5. The number of halogens is 1. The summed E-state index contributed by atoms with van der Waals surface area (Å²) in [5.41, 5.74) is 0. The number of aliphatic hydroxyl groups is 1. The minimum absolute atomic E-state index is 0.188. The van der Waals surface area contributed by atoms with E-state index in [0.717, 1.165) is 43.6 Å². The summed E-state index contributed by atoms with van der Waals surface area (Å²) in [5.74, 6) is 0.222. The Labute approximate surface area is 127 Å². The highest BCUT2D eigenvalue weighted by atomic mass is 79.9. The number of hydrogen-bond acceptors (Lipinski definition) is 4. The molecule has 2 heterocycles. The zero-order chi connectivity index (χ0) is 14.4. The molecule has 1 aromatic heterocycles. The first-order valence-electron chi connectivity index (χ1n) is 6.98. The summed E-state index contributed by atoms with van der Waals surface area (Å²) in [5, 5.41) is 13.1. The molecular weight excluding hydrogens is 324 g/mol. The molecule has 0 aromatic carbocycles. The lowest BCUT2D eigenvalue weighted by molar-refractivity contribution is -0.133. The van der Waals surface area contributed by atoms with Gasteiger partial charge in [0.15, 0.2) is 0 Å². The average molecular weight is 345 g/mol. The van der Waals surface area contributed by atoms with Crippen LogP contribution in [0.1, 0.15) is 12.8 Å². The van der Waals surface area contributed by atoms with Gasteiger partial charge in [-0.25, -0.2) is 0 Å². The molecule has 1 fully saturated rings. The topological polar surface area (TPSA) is 61.6 Å². The quantitative estimate of drug-likeness (QED) is 0.819. The van der Waals surface area contributed by atoms with Crippen LogP contribution in [0.3, 0.4) is 0 Å². The Kier molecular flexibility index (Phi) is 6.00. The van der Waals surface area contributed by atoms with E-state index in [2.05, 4.69) is 25.9 Å². The minimum Gasteiger partial charge on any atom is -0.395 e. The molecular formula is C13H21BrN4O2. The van der Waals surface area contributed by atoms with E-state index in [1.165, 1.54) is 0 Å². The van der Waals surface area contributed by atoms with E-state index >= 15 is 0 Å². The lowest BCUT2D eigenvalue weighted by atomic mass is 10.2. The molecule has 0 spiro atoms. The summed E-state index contributed by atoms with van der Waals surface area (Å²) in [6.07, 6.45) is 5.04. The molecule has 1 aliphatic heterocycles. The van der Waals surface area contributed by atoms with Crippen molar-refractivity contribution >= 4 is 21.8 Å². The monoisotopic (exact) mass is 344 g/mol. The first kappa shape index (κ1) is 15.5. The molecule has 0 atom stereocenters. The second kappa shape index (κ2) is 7.75. The van der Waals surface area contributed by atoms with Gasteiger partial charge in [-0.05, 0) is 22.4 Å². The molecule has 0 saturated carbocycles. The van der Waals surface area contributed by atoms with Crippen molar-refractivity contribution in [1.82, 2.24) is 19.6 Å². The lowest BCUT2D eigenvalue weighted by Crippen LogP contribution is -2.49. The van der Waals surface area contributed by atoms with Crippen molar-refractivity contribution in [3.63, 3.8) is 0 Å². The van der Waals surface area contributed by atoms with Crippen molar-refractivity contribution in [2.75, 3.05) is 39.3 Å². The number of carbonyl (C=O) groups excluding carboxylic acids is 1.